The first-order valence-electron chi connectivity index (χ1n) is 9.54. The molecule has 1 aliphatic rings. The van der Waals surface area contributed by atoms with Gasteiger partial charge in [-0.05, 0) is 35.9 Å². The number of benzene rings is 2. The molecule has 1 saturated heterocycles. The minimum atomic E-state index is -5.12. The maximum absolute atomic E-state index is 14.9. The molecule has 0 bridgehead atoms. The Kier molecular flexibility index (Phi) is 8.15. The van der Waals surface area contributed by atoms with Crippen LogP contribution in [0.2, 0.25) is 15.1 Å². The van der Waals surface area contributed by atoms with Gasteiger partial charge in [0.25, 0.3) is 5.91 Å². The molecule has 0 aliphatic carbocycles. The summed E-state index contributed by atoms with van der Waals surface area (Å²) in [6, 6.07) is 2.72. The molecule has 1 atom stereocenters. The normalized spacial score (nSPS) is 19.8. The van der Waals surface area contributed by atoms with Gasteiger partial charge in [-0.15, -0.1) is 0 Å². The van der Waals surface area contributed by atoms with Gasteiger partial charge in [0, 0.05) is 27.9 Å². The van der Waals surface area contributed by atoms with Crippen molar-refractivity contribution in [1.29, 1.82) is 0 Å². The first kappa shape index (κ1) is 27.8. The van der Waals surface area contributed by atoms with Crippen molar-refractivity contribution in [2.75, 3.05) is 11.5 Å². The van der Waals surface area contributed by atoms with Crippen LogP contribution in [0.15, 0.2) is 36.4 Å². The summed E-state index contributed by atoms with van der Waals surface area (Å²) >= 11 is 17.3. The SMILES string of the molecule is O=C(NC1CS(=O)C1)c1ccc(/C(F)=C/C(c2cc(Cl)c(Cl)c(Cl)c2)C(F)(F)F)cc1C(F)(F)F. The molecule has 3 rings (SSSR count). The van der Waals surface area contributed by atoms with E-state index in [1.807, 2.05) is 0 Å². The Hall–Kier alpha value is -1.82. The summed E-state index contributed by atoms with van der Waals surface area (Å²) in [6.07, 6.45) is -10.1. The number of halogens is 10. The van der Waals surface area contributed by atoms with Crippen molar-refractivity contribution in [3.8, 4) is 0 Å². The van der Waals surface area contributed by atoms with Gasteiger partial charge in [-0.25, -0.2) is 4.39 Å². The van der Waals surface area contributed by atoms with E-state index >= 15 is 0 Å². The largest absolute Gasteiger partial charge is 0.417 e. The van der Waals surface area contributed by atoms with Crippen LogP contribution in [0.25, 0.3) is 5.83 Å². The first-order chi connectivity index (χ1) is 16.1. The molecule has 35 heavy (non-hydrogen) atoms. The second kappa shape index (κ2) is 10.3. The van der Waals surface area contributed by atoms with E-state index in [4.69, 9.17) is 34.8 Å². The van der Waals surface area contributed by atoms with Crippen molar-refractivity contribution in [1.82, 2.24) is 5.32 Å². The molecular formula is C21H13Cl3F7NO2S. The minimum Gasteiger partial charge on any atom is -0.347 e. The maximum Gasteiger partial charge on any atom is 0.417 e. The molecule has 0 aromatic heterocycles. The monoisotopic (exact) mass is 581 g/mol. The van der Waals surface area contributed by atoms with Crippen LogP contribution in [-0.4, -0.2) is 33.8 Å². The average molecular weight is 583 g/mol. The standard InChI is InChI=1S/C21H13Cl3F7NO2S/c22-15-4-10(5-16(23)18(15)24)13(20(26,27)28)6-17(25)9-1-2-12(14(3-9)21(29,30)31)19(33)32-11-7-35(34)8-11/h1-6,11,13H,7-8H2,(H,32,33)/b17-6-. The zero-order valence-corrected chi connectivity index (χ0v) is 20.1. The second-order valence-electron chi connectivity index (χ2n) is 7.53. The zero-order valence-electron chi connectivity index (χ0n) is 17.0. The number of allylic oxidation sites excluding steroid dienone is 1. The maximum atomic E-state index is 14.9. The van der Waals surface area contributed by atoms with Gasteiger partial charge in [0.1, 0.15) is 11.7 Å². The zero-order chi connectivity index (χ0) is 26.3. The van der Waals surface area contributed by atoms with Crippen LogP contribution in [-0.2, 0) is 17.0 Å². The van der Waals surface area contributed by atoms with E-state index in [9.17, 15) is 39.7 Å². The summed E-state index contributed by atoms with van der Waals surface area (Å²) in [4.78, 5) is 12.3. The summed E-state index contributed by atoms with van der Waals surface area (Å²) in [5.41, 5.74) is -3.82. The quantitative estimate of drug-likeness (QED) is 0.300. The van der Waals surface area contributed by atoms with E-state index in [0.29, 0.717) is 6.07 Å². The van der Waals surface area contributed by atoms with Crippen LogP contribution < -0.4 is 5.32 Å². The molecule has 1 amide bonds. The highest BCUT2D eigenvalue weighted by Crippen LogP contribution is 2.42. The number of hydrogen-bond donors (Lipinski definition) is 1. The molecule has 1 N–H and O–H groups in total. The molecule has 1 aliphatic heterocycles. The summed E-state index contributed by atoms with van der Waals surface area (Å²) < 4.78 is 108. The molecule has 3 nitrogen and oxygen atoms in total. The molecule has 1 unspecified atom stereocenters. The Bertz CT molecular complexity index is 1180. The number of carbonyl (C=O) groups is 1. The fourth-order valence-corrected chi connectivity index (χ4v) is 4.83. The number of nitrogens with one attached hydrogen (secondary N) is 1. The van der Waals surface area contributed by atoms with Crippen LogP contribution in [0.5, 0.6) is 0 Å². The van der Waals surface area contributed by atoms with Gasteiger partial charge in [0.2, 0.25) is 0 Å². The third-order valence-corrected chi connectivity index (χ3v) is 7.73. The first-order valence-corrected chi connectivity index (χ1v) is 12.2. The van der Waals surface area contributed by atoms with Crippen LogP contribution in [0.3, 0.4) is 0 Å². The van der Waals surface area contributed by atoms with Gasteiger partial charge in [-0.2, -0.15) is 26.3 Å². The lowest BCUT2D eigenvalue weighted by molar-refractivity contribution is -0.140. The second-order valence-corrected chi connectivity index (χ2v) is 10.3. The third kappa shape index (κ3) is 6.49. The Morgan fingerprint density at radius 1 is 1.03 bits per heavy atom. The van der Waals surface area contributed by atoms with E-state index < -0.39 is 69.1 Å². The number of hydrogen-bond acceptors (Lipinski definition) is 2. The van der Waals surface area contributed by atoms with Gasteiger partial charge in [0.15, 0.2) is 0 Å². The van der Waals surface area contributed by atoms with Crippen molar-refractivity contribution in [2.45, 2.75) is 24.3 Å². The molecule has 1 heterocycles. The van der Waals surface area contributed by atoms with Crippen LogP contribution in [0, 0.1) is 0 Å². The number of amides is 1. The number of alkyl halides is 6. The highest BCUT2D eigenvalue weighted by Gasteiger charge is 2.41. The van der Waals surface area contributed by atoms with E-state index in [0.717, 1.165) is 18.2 Å². The lowest BCUT2D eigenvalue weighted by Crippen LogP contribution is -2.50. The van der Waals surface area contributed by atoms with Gasteiger partial charge in [-0.1, -0.05) is 40.9 Å². The van der Waals surface area contributed by atoms with Gasteiger partial charge in [-0.3, -0.25) is 9.00 Å². The molecule has 0 spiro atoms. The molecule has 0 radical (unpaired) electrons. The molecule has 0 saturated carbocycles. The number of rotatable bonds is 5. The molecular weight excluding hydrogens is 570 g/mol. The lowest BCUT2D eigenvalue weighted by Gasteiger charge is -2.26. The Balaban J connectivity index is 2.01. The van der Waals surface area contributed by atoms with Crippen molar-refractivity contribution >= 4 is 57.3 Å². The van der Waals surface area contributed by atoms with Crippen LogP contribution in [0.4, 0.5) is 30.7 Å². The Morgan fingerprint density at radius 2 is 1.60 bits per heavy atom. The van der Waals surface area contributed by atoms with Crippen LogP contribution in [0.1, 0.15) is 33.0 Å². The molecule has 190 valence electrons. The van der Waals surface area contributed by atoms with E-state index in [1.165, 1.54) is 0 Å². The Labute approximate surface area is 211 Å². The van der Waals surface area contributed by atoms with Gasteiger partial charge < -0.3 is 5.32 Å². The summed E-state index contributed by atoms with van der Waals surface area (Å²) in [5.74, 6) is -5.21. The molecule has 1 fully saturated rings. The molecule has 2 aromatic rings. The lowest BCUT2D eigenvalue weighted by atomic mass is 9.95. The summed E-state index contributed by atoms with van der Waals surface area (Å²) in [7, 11) is -1.17. The predicted molar refractivity (Wildman–Crippen MR) is 120 cm³/mol. The highest BCUT2D eigenvalue weighted by atomic mass is 35.5. The minimum absolute atomic E-state index is 0.0782. The van der Waals surface area contributed by atoms with Crippen molar-refractivity contribution in [3.63, 3.8) is 0 Å². The Morgan fingerprint density at radius 3 is 2.09 bits per heavy atom. The highest BCUT2D eigenvalue weighted by molar-refractivity contribution is 7.86. The van der Waals surface area contributed by atoms with E-state index in [-0.39, 0.29) is 38.7 Å². The number of carbonyl (C=O) groups excluding carboxylic acids is 1. The smallest absolute Gasteiger partial charge is 0.347 e. The van der Waals surface area contributed by atoms with E-state index in [2.05, 4.69) is 5.32 Å². The predicted octanol–water partition coefficient (Wildman–Crippen LogP) is 7.18. The van der Waals surface area contributed by atoms with E-state index in [1.54, 1.807) is 0 Å². The summed E-state index contributed by atoms with van der Waals surface area (Å²) in [6.45, 7) is 0. The van der Waals surface area contributed by atoms with Crippen molar-refractivity contribution in [3.05, 3.63) is 73.7 Å². The van der Waals surface area contributed by atoms with Crippen molar-refractivity contribution < 1.29 is 39.7 Å². The third-order valence-electron chi connectivity index (χ3n) is 4.99. The molecule has 2 aromatic carbocycles. The van der Waals surface area contributed by atoms with Crippen molar-refractivity contribution in [2.24, 2.45) is 0 Å². The topological polar surface area (TPSA) is 46.2 Å². The fraction of sp³-hybridized carbons (Fsp3) is 0.286. The molecule has 14 heteroatoms. The fourth-order valence-electron chi connectivity index (χ4n) is 3.25. The summed E-state index contributed by atoms with van der Waals surface area (Å²) in [5, 5.41) is 1.40. The van der Waals surface area contributed by atoms with Crippen LogP contribution >= 0.6 is 34.8 Å². The average Bonchev–Trinajstić information content (AvgIpc) is 2.72. The van der Waals surface area contributed by atoms with Gasteiger partial charge in [0.05, 0.1) is 32.2 Å². The van der Waals surface area contributed by atoms with Gasteiger partial charge >= 0.3 is 12.4 Å².